The van der Waals surface area contributed by atoms with Crippen molar-refractivity contribution in [3.05, 3.63) is 22.2 Å². The van der Waals surface area contributed by atoms with Gasteiger partial charge in [-0.15, -0.1) is 0 Å². The molecule has 3 rings (SSSR count). The molecule has 19 heavy (non-hydrogen) atoms. The fraction of sp³-hybridized carbons (Fsp3) is 0.571. The number of nitrogens with one attached hydrogen (secondary N) is 1. The minimum Gasteiger partial charge on any atom is -0.454 e. The van der Waals surface area contributed by atoms with E-state index in [2.05, 4.69) is 39.6 Å². The van der Waals surface area contributed by atoms with Crippen molar-refractivity contribution in [2.75, 3.05) is 19.6 Å². The predicted molar refractivity (Wildman–Crippen MR) is 82.1 cm³/mol. The van der Waals surface area contributed by atoms with Crippen molar-refractivity contribution in [3.8, 4) is 11.5 Å². The molecule has 1 saturated carbocycles. The summed E-state index contributed by atoms with van der Waals surface area (Å²) in [6.45, 7) is 2.28. The molecule has 1 aliphatic carbocycles. The monoisotopic (exact) mass is 343 g/mol. The third kappa shape index (κ3) is 2.73. The Balaban J connectivity index is 1.60. The first-order chi connectivity index (χ1) is 9.22. The minimum absolute atomic E-state index is 0.320. The van der Waals surface area contributed by atoms with E-state index in [-0.39, 0.29) is 0 Å². The molecule has 0 atom stereocenters. The number of rotatable bonds is 5. The van der Waals surface area contributed by atoms with Crippen LogP contribution in [0, 0.1) is 0 Å². The van der Waals surface area contributed by atoms with Crippen molar-refractivity contribution in [2.45, 2.75) is 30.6 Å². The fourth-order valence-corrected chi connectivity index (χ4v) is 4.13. The first-order valence-corrected chi connectivity index (χ1v) is 8.58. The van der Waals surface area contributed by atoms with Gasteiger partial charge in [-0.1, -0.05) is 6.42 Å². The van der Waals surface area contributed by atoms with E-state index in [1.165, 1.54) is 24.8 Å². The molecular formula is C14H18BrNO2S. The number of hydrogen-bond acceptors (Lipinski definition) is 4. The lowest BCUT2D eigenvalue weighted by Crippen LogP contribution is -2.43. The predicted octanol–water partition coefficient (Wildman–Crippen LogP) is 3.55. The molecule has 0 radical (unpaired) electrons. The summed E-state index contributed by atoms with van der Waals surface area (Å²) in [4.78, 5) is 0. The Labute approximate surface area is 126 Å². The van der Waals surface area contributed by atoms with Gasteiger partial charge in [0.2, 0.25) is 6.79 Å². The van der Waals surface area contributed by atoms with Gasteiger partial charge in [0.1, 0.15) is 0 Å². The van der Waals surface area contributed by atoms with Crippen LogP contribution in [0.3, 0.4) is 0 Å². The van der Waals surface area contributed by atoms with Crippen molar-refractivity contribution >= 4 is 27.7 Å². The molecule has 104 valence electrons. The van der Waals surface area contributed by atoms with E-state index in [4.69, 9.17) is 9.47 Å². The van der Waals surface area contributed by atoms with E-state index in [0.29, 0.717) is 11.5 Å². The maximum absolute atomic E-state index is 5.44. The molecule has 0 saturated heterocycles. The molecule has 1 aromatic rings. The van der Waals surface area contributed by atoms with Gasteiger partial charge in [-0.2, -0.15) is 11.8 Å². The molecule has 2 aliphatic rings. The van der Waals surface area contributed by atoms with Crippen LogP contribution in [0.4, 0.5) is 0 Å². The Morgan fingerprint density at radius 1 is 1.37 bits per heavy atom. The Kier molecular flexibility index (Phi) is 3.96. The van der Waals surface area contributed by atoms with Crippen LogP contribution in [-0.4, -0.2) is 24.3 Å². The van der Waals surface area contributed by atoms with Crippen molar-refractivity contribution in [1.82, 2.24) is 5.32 Å². The zero-order valence-corrected chi connectivity index (χ0v) is 13.4. The maximum atomic E-state index is 5.44. The Bertz CT molecular complexity index is 471. The molecule has 0 spiro atoms. The molecule has 3 nitrogen and oxygen atoms in total. The van der Waals surface area contributed by atoms with Crippen LogP contribution in [0.2, 0.25) is 0 Å². The highest BCUT2D eigenvalue weighted by Gasteiger charge is 2.35. The molecule has 1 aromatic carbocycles. The third-order valence-electron chi connectivity index (χ3n) is 3.96. The first kappa shape index (κ1) is 13.6. The average molecular weight is 344 g/mol. The summed E-state index contributed by atoms with van der Waals surface area (Å²) in [7, 11) is 0. The molecule has 0 unspecified atom stereocenters. The zero-order valence-electron chi connectivity index (χ0n) is 11.0. The van der Waals surface area contributed by atoms with Gasteiger partial charge in [0.05, 0.1) is 4.47 Å². The summed E-state index contributed by atoms with van der Waals surface area (Å²) in [6, 6.07) is 4.17. The van der Waals surface area contributed by atoms with E-state index < -0.39 is 0 Å². The highest BCUT2D eigenvalue weighted by Crippen LogP contribution is 2.42. The second-order valence-electron chi connectivity index (χ2n) is 5.16. The second kappa shape index (κ2) is 5.54. The maximum Gasteiger partial charge on any atom is 0.231 e. The number of benzene rings is 1. The molecule has 0 aromatic heterocycles. The molecule has 0 amide bonds. The van der Waals surface area contributed by atoms with Gasteiger partial charge in [0.15, 0.2) is 11.5 Å². The number of fused-ring (bicyclic) bond motifs is 1. The van der Waals surface area contributed by atoms with Gasteiger partial charge in [-0.05, 0) is 52.7 Å². The number of thioether (sulfide) groups is 1. The van der Waals surface area contributed by atoms with Crippen molar-refractivity contribution in [3.63, 3.8) is 0 Å². The summed E-state index contributed by atoms with van der Waals surface area (Å²) in [5.41, 5.74) is 1.23. The zero-order chi connectivity index (χ0) is 13.3. The molecule has 1 fully saturated rings. The van der Waals surface area contributed by atoms with Crippen LogP contribution < -0.4 is 14.8 Å². The van der Waals surface area contributed by atoms with Crippen molar-refractivity contribution in [1.29, 1.82) is 0 Å². The normalized spacial score (nSPS) is 19.3. The second-order valence-corrected chi connectivity index (χ2v) is 7.28. The van der Waals surface area contributed by atoms with Crippen LogP contribution in [0.25, 0.3) is 0 Å². The Morgan fingerprint density at radius 2 is 2.21 bits per heavy atom. The van der Waals surface area contributed by atoms with Gasteiger partial charge in [0.25, 0.3) is 0 Å². The standard InChI is InChI=1S/C14H18BrNO2S/c1-19-14(3-2-4-14)8-16-7-10-5-11(15)13-12(6-10)17-9-18-13/h5-6,16H,2-4,7-9H2,1H3. The smallest absolute Gasteiger partial charge is 0.231 e. The van der Waals surface area contributed by atoms with Gasteiger partial charge in [0, 0.05) is 17.8 Å². The van der Waals surface area contributed by atoms with Crippen LogP contribution in [0.1, 0.15) is 24.8 Å². The minimum atomic E-state index is 0.320. The molecule has 1 aliphatic heterocycles. The van der Waals surface area contributed by atoms with Crippen molar-refractivity contribution in [2.24, 2.45) is 0 Å². The van der Waals surface area contributed by atoms with Crippen LogP contribution in [-0.2, 0) is 6.54 Å². The lowest BCUT2D eigenvalue weighted by atomic mass is 9.84. The highest BCUT2D eigenvalue weighted by atomic mass is 79.9. The van der Waals surface area contributed by atoms with Crippen LogP contribution in [0.5, 0.6) is 11.5 Å². The molecule has 0 bridgehead atoms. The van der Waals surface area contributed by atoms with E-state index in [1.54, 1.807) is 0 Å². The molecule has 1 N–H and O–H groups in total. The molecule has 1 heterocycles. The third-order valence-corrected chi connectivity index (χ3v) is 5.97. The van der Waals surface area contributed by atoms with Gasteiger partial charge in [-0.3, -0.25) is 0 Å². The lowest BCUT2D eigenvalue weighted by molar-refractivity contribution is 0.173. The van der Waals surface area contributed by atoms with Crippen LogP contribution >= 0.6 is 27.7 Å². The van der Waals surface area contributed by atoms with E-state index in [0.717, 1.165) is 29.1 Å². The van der Waals surface area contributed by atoms with Crippen molar-refractivity contribution < 1.29 is 9.47 Å². The van der Waals surface area contributed by atoms with E-state index >= 15 is 0 Å². The van der Waals surface area contributed by atoms with Gasteiger partial charge < -0.3 is 14.8 Å². The summed E-state index contributed by atoms with van der Waals surface area (Å²) in [5, 5.41) is 3.58. The quantitative estimate of drug-likeness (QED) is 0.885. The Morgan fingerprint density at radius 3 is 2.89 bits per heavy atom. The van der Waals surface area contributed by atoms with E-state index in [1.807, 2.05) is 11.8 Å². The average Bonchev–Trinajstić information content (AvgIpc) is 2.81. The summed E-state index contributed by atoms with van der Waals surface area (Å²) in [6.07, 6.45) is 6.27. The Hall–Kier alpha value is -0.390. The lowest BCUT2D eigenvalue weighted by Gasteiger charge is -2.40. The number of ether oxygens (including phenoxy) is 2. The van der Waals surface area contributed by atoms with Gasteiger partial charge in [-0.25, -0.2) is 0 Å². The topological polar surface area (TPSA) is 30.5 Å². The van der Waals surface area contributed by atoms with Gasteiger partial charge >= 0.3 is 0 Å². The molecule has 5 heteroatoms. The fourth-order valence-electron chi connectivity index (χ4n) is 2.58. The number of halogens is 1. The van der Waals surface area contributed by atoms with E-state index in [9.17, 15) is 0 Å². The first-order valence-electron chi connectivity index (χ1n) is 6.56. The van der Waals surface area contributed by atoms with Crippen LogP contribution in [0.15, 0.2) is 16.6 Å². The highest BCUT2D eigenvalue weighted by molar-refractivity contribution is 9.10. The summed E-state index contributed by atoms with van der Waals surface area (Å²) in [5.74, 6) is 1.66. The largest absolute Gasteiger partial charge is 0.454 e. The summed E-state index contributed by atoms with van der Waals surface area (Å²) >= 11 is 5.53. The SMILES string of the molecule is CSC1(CNCc2cc(Br)c3c(c2)OCO3)CCC1. The summed E-state index contributed by atoms with van der Waals surface area (Å²) < 4.78 is 12.3. The number of hydrogen-bond donors (Lipinski definition) is 1. The molecular weight excluding hydrogens is 326 g/mol.